The summed E-state index contributed by atoms with van der Waals surface area (Å²) < 4.78 is 24.8. The molecule has 1 aromatic carbocycles. The zero-order chi connectivity index (χ0) is 14.9. The Morgan fingerprint density at radius 2 is 2.05 bits per heavy atom. The van der Waals surface area contributed by atoms with Crippen molar-refractivity contribution in [2.45, 2.75) is 44.8 Å². The molecule has 110 valence electrons. The lowest BCUT2D eigenvalue weighted by Crippen LogP contribution is -2.23. The Kier molecular flexibility index (Phi) is 4.18. The Morgan fingerprint density at radius 1 is 1.35 bits per heavy atom. The van der Waals surface area contributed by atoms with Crippen LogP contribution in [0.25, 0.3) is 0 Å². The summed E-state index contributed by atoms with van der Waals surface area (Å²) in [6.07, 6.45) is 2.02. The summed E-state index contributed by atoms with van der Waals surface area (Å²) in [4.78, 5) is 10.6. The molecule has 20 heavy (non-hydrogen) atoms. The van der Waals surface area contributed by atoms with Crippen LogP contribution in [0.1, 0.15) is 46.8 Å². The summed E-state index contributed by atoms with van der Waals surface area (Å²) in [6, 6.07) is 4.02. The van der Waals surface area contributed by atoms with Crippen LogP contribution in [0.2, 0.25) is 0 Å². The zero-order valence-electron chi connectivity index (χ0n) is 11.8. The van der Waals surface area contributed by atoms with Crippen molar-refractivity contribution in [2.24, 2.45) is 0 Å². The Morgan fingerprint density at radius 3 is 2.70 bits per heavy atom. The summed E-state index contributed by atoms with van der Waals surface area (Å²) in [6.45, 7) is 3.97. The van der Waals surface area contributed by atoms with E-state index in [1.807, 2.05) is 19.9 Å². The number of hydrogen-bond donors (Lipinski definition) is 1. The van der Waals surface area contributed by atoms with Crippen molar-refractivity contribution in [1.82, 2.24) is 0 Å². The van der Waals surface area contributed by atoms with Gasteiger partial charge < -0.3 is 5.11 Å². The molecule has 2 rings (SSSR count). The highest BCUT2D eigenvalue weighted by atomic mass is 32.2. The third-order valence-electron chi connectivity index (χ3n) is 3.93. The van der Waals surface area contributed by atoms with Crippen LogP contribution in [-0.2, 0) is 21.1 Å². The van der Waals surface area contributed by atoms with Crippen LogP contribution in [0.4, 0.5) is 0 Å². The van der Waals surface area contributed by atoms with Gasteiger partial charge in [-0.25, -0.2) is 8.42 Å². The summed E-state index contributed by atoms with van der Waals surface area (Å²) in [5.41, 5.74) is 4.21. The molecule has 0 spiro atoms. The number of carbonyl (C=O) groups is 1. The molecule has 1 N–H and O–H groups in total. The number of hydrogen-bond acceptors (Lipinski definition) is 3. The first-order chi connectivity index (χ1) is 9.31. The normalized spacial score (nSPS) is 18.6. The first-order valence-electron chi connectivity index (χ1n) is 6.84. The topological polar surface area (TPSA) is 71.4 Å². The minimum absolute atomic E-state index is 0.278. The second-order valence-electron chi connectivity index (χ2n) is 5.54. The zero-order valence-corrected chi connectivity index (χ0v) is 12.7. The van der Waals surface area contributed by atoms with E-state index in [2.05, 4.69) is 6.07 Å². The number of carboxylic acids is 1. The molecule has 0 heterocycles. The van der Waals surface area contributed by atoms with Crippen LogP contribution in [0.5, 0.6) is 0 Å². The van der Waals surface area contributed by atoms with Crippen molar-refractivity contribution in [3.05, 3.63) is 34.4 Å². The van der Waals surface area contributed by atoms with Gasteiger partial charge in [-0.3, -0.25) is 4.79 Å². The molecule has 1 aliphatic carbocycles. The molecule has 4 nitrogen and oxygen atoms in total. The molecular formula is C15H20O4S. The molecule has 1 unspecified atom stereocenters. The van der Waals surface area contributed by atoms with E-state index in [1.165, 1.54) is 0 Å². The van der Waals surface area contributed by atoms with Crippen molar-refractivity contribution in [2.75, 3.05) is 5.75 Å². The van der Waals surface area contributed by atoms with Gasteiger partial charge in [0.05, 0.1) is 17.4 Å². The van der Waals surface area contributed by atoms with Gasteiger partial charge >= 0.3 is 5.97 Å². The predicted molar refractivity (Wildman–Crippen MR) is 77.6 cm³/mol. The molecular weight excluding hydrogens is 276 g/mol. The number of sulfone groups is 1. The van der Waals surface area contributed by atoms with Crippen LogP contribution >= 0.6 is 0 Å². The van der Waals surface area contributed by atoms with Gasteiger partial charge in [0.2, 0.25) is 0 Å². The fourth-order valence-corrected chi connectivity index (χ4v) is 4.89. The summed E-state index contributed by atoms with van der Waals surface area (Å²) in [5, 5.41) is 8.16. The Labute approximate surface area is 119 Å². The maximum atomic E-state index is 12.4. The van der Waals surface area contributed by atoms with Crippen molar-refractivity contribution in [1.29, 1.82) is 0 Å². The van der Waals surface area contributed by atoms with Gasteiger partial charge in [0.15, 0.2) is 9.84 Å². The van der Waals surface area contributed by atoms with Crippen LogP contribution in [0.15, 0.2) is 12.1 Å². The second-order valence-corrected chi connectivity index (χ2v) is 7.84. The van der Waals surface area contributed by atoms with Crippen LogP contribution in [0, 0.1) is 13.8 Å². The number of carboxylic acid groups (broad SMARTS) is 1. The first-order valence-corrected chi connectivity index (χ1v) is 8.56. The standard InChI is InChI=1S/C15H20O4S/c1-10-8-11(2)12-4-3-5-14(13(12)9-10)20(18,19)7-6-15(16)17/h8-9,14H,3-7H2,1-2H3,(H,16,17). The van der Waals surface area contributed by atoms with E-state index in [0.717, 1.165) is 35.1 Å². The summed E-state index contributed by atoms with van der Waals surface area (Å²) >= 11 is 0. The lowest BCUT2D eigenvalue weighted by atomic mass is 9.87. The molecule has 0 aromatic heterocycles. The van der Waals surface area contributed by atoms with Crippen molar-refractivity contribution in [3.63, 3.8) is 0 Å². The third-order valence-corrected chi connectivity index (χ3v) is 6.06. The van der Waals surface area contributed by atoms with Gasteiger partial charge in [-0.05, 0) is 49.8 Å². The van der Waals surface area contributed by atoms with Crippen molar-refractivity contribution >= 4 is 15.8 Å². The molecule has 0 saturated heterocycles. The van der Waals surface area contributed by atoms with E-state index in [0.29, 0.717) is 6.42 Å². The minimum Gasteiger partial charge on any atom is -0.481 e. The van der Waals surface area contributed by atoms with E-state index >= 15 is 0 Å². The molecule has 0 radical (unpaired) electrons. The SMILES string of the molecule is Cc1cc(C)c2c(c1)C(S(=O)(=O)CCC(=O)O)CCC2. The fraction of sp³-hybridized carbons (Fsp3) is 0.533. The molecule has 0 amide bonds. The quantitative estimate of drug-likeness (QED) is 0.927. The number of rotatable bonds is 4. The predicted octanol–water partition coefficient (Wildman–Crippen LogP) is 2.57. The monoisotopic (exact) mass is 296 g/mol. The molecule has 0 fully saturated rings. The van der Waals surface area contributed by atoms with Gasteiger partial charge in [-0.1, -0.05) is 17.7 Å². The third kappa shape index (κ3) is 3.03. The highest BCUT2D eigenvalue weighted by Gasteiger charge is 2.32. The number of benzene rings is 1. The average Bonchev–Trinajstić information content (AvgIpc) is 2.35. The Bertz CT molecular complexity index is 632. The van der Waals surface area contributed by atoms with Gasteiger partial charge in [0.1, 0.15) is 0 Å². The maximum Gasteiger partial charge on any atom is 0.304 e. The lowest BCUT2D eigenvalue weighted by molar-refractivity contribution is -0.136. The van der Waals surface area contributed by atoms with E-state index in [1.54, 1.807) is 0 Å². The Hall–Kier alpha value is -1.36. The molecule has 0 saturated carbocycles. The number of aliphatic carboxylic acids is 1. The van der Waals surface area contributed by atoms with E-state index in [4.69, 9.17) is 5.11 Å². The van der Waals surface area contributed by atoms with E-state index in [9.17, 15) is 13.2 Å². The lowest BCUT2D eigenvalue weighted by Gasteiger charge is -2.27. The number of fused-ring (bicyclic) bond motifs is 1. The molecule has 0 bridgehead atoms. The Balaban J connectivity index is 2.39. The molecule has 1 aromatic rings. The first kappa shape index (κ1) is 15.0. The van der Waals surface area contributed by atoms with E-state index < -0.39 is 21.1 Å². The van der Waals surface area contributed by atoms with E-state index in [-0.39, 0.29) is 12.2 Å². The number of aryl methyl sites for hydroxylation is 2. The fourth-order valence-electron chi connectivity index (χ4n) is 3.02. The minimum atomic E-state index is -3.41. The maximum absolute atomic E-state index is 12.4. The smallest absolute Gasteiger partial charge is 0.304 e. The largest absolute Gasteiger partial charge is 0.481 e. The van der Waals surface area contributed by atoms with Gasteiger partial charge in [0, 0.05) is 0 Å². The summed E-state index contributed by atoms with van der Waals surface area (Å²) in [7, 11) is -3.41. The second kappa shape index (κ2) is 5.56. The van der Waals surface area contributed by atoms with Gasteiger partial charge in [-0.15, -0.1) is 0 Å². The van der Waals surface area contributed by atoms with Gasteiger partial charge in [-0.2, -0.15) is 0 Å². The van der Waals surface area contributed by atoms with Crippen LogP contribution < -0.4 is 0 Å². The van der Waals surface area contributed by atoms with Crippen LogP contribution in [-0.4, -0.2) is 25.2 Å². The van der Waals surface area contributed by atoms with Crippen molar-refractivity contribution < 1.29 is 18.3 Å². The highest BCUT2D eigenvalue weighted by Crippen LogP contribution is 2.38. The summed E-state index contributed by atoms with van der Waals surface area (Å²) in [5.74, 6) is -1.34. The van der Waals surface area contributed by atoms with Crippen molar-refractivity contribution in [3.8, 4) is 0 Å². The molecule has 0 aliphatic heterocycles. The van der Waals surface area contributed by atoms with Gasteiger partial charge in [0.25, 0.3) is 0 Å². The molecule has 1 aliphatic rings. The molecule has 5 heteroatoms. The average molecular weight is 296 g/mol. The highest BCUT2D eigenvalue weighted by molar-refractivity contribution is 7.91. The van der Waals surface area contributed by atoms with Crippen LogP contribution in [0.3, 0.4) is 0 Å². The molecule has 1 atom stereocenters.